The van der Waals surface area contributed by atoms with Gasteiger partial charge in [-0.1, -0.05) is 297 Å². The zero-order chi connectivity index (χ0) is 46.5. The molecular weight excluding hydrogens is 793 g/mol. The lowest BCUT2D eigenvalue weighted by Crippen LogP contribution is -2.30. The van der Waals surface area contributed by atoms with Crippen molar-refractivity contribution < 1.29 is 28.6 Å². The number of rotatable bonds is 54. The fraction of sp³-hybridized carbons (Fsp3) is 0.948. The van der Waals surface area contributed by atoms with Gasteiger partial charge in [-0.25, -0.2) is 0 Å². The Balaban J connectivity index is 4.14. The summed E-state index contributed by atoms with van der Waals surface area (Å²) in [6.45, 7) is 6.68. The largest absolute Gasteiger partial charge is 0.462 e. The van der Waals surface area contributed by atoms with Crippen LogP contribution in [0.3, 0.4) is 0 Å². The number of unbranched alkanes of at least 4 members (excludes halogenated alkanes) is 43. The molecule has 0 bridgehead atoms. The molecule has 1 unspecified atom stereocenters. The van der Waals surface area contributed by atoms with E-state index in [2.05, 4.69) is 20.8 Å². The number of esters is 3. The zero-order valence-corrected chi connectivity index (χ0v) is 43.6. The number of ether oxygens (including phenoxy) is 3. The molecule has 0 saturated carbocycles. The highest BCUT2D eigenvalue weighted by Crippen LogP contribution is 2.18. The molecule has 0 heterocycles. The Labute approximate surface area is 399 Å². The van der Waals surface area contributed by atoms with Crippen molar-refractivity contribution in [3.05, 3.63) is 0 Å². The van der Waals surface area contributed by atoms with Gasteiger partial charge in [0, 0.05) is 19.3 Å². The van der Waals surface area contributed by atoms with E-state index < -0.39 is 6.10 Å². The first-order valence-electron chi connectivity index (χ1n) is 29.0. The first-order valence-corrected chi connectivity index (χ1v) is 29.0. The van der Waals surface area contributed by atoms with E-state index in [4.69, 9.17) is 14.2 Å². The van der Waals surface area contributed by atoms with Crippen LogP contribution >= 0.6 is 0 Å². The van der Waals surface area contributed by atoms with Crippen LogP contribution in [-0.4, -0.2) is 37.2 Å². The van der Waals surface area contributed by atoms with Gasteiger partial charge in [-0.2, -0.15) is 0 Å². The van der Waals surface area contributed by atoms with Crippen LogP contribution in [0, 0.1) is 0 Å². The van der Waals surface area contributed by atoms with Crippen molar-refractivity contribution in [2.75, 3.05) is 13.2 Å². The lowest BCUT2D eigenvalue weighted by atomic mass is 10.0. The molecular formula is C58H112O6. The molecule has 6 nitrogen and oxygen atoms in total. The van der Waals surface area contributed by atoms with E-state index >= 15 is 0 Å². The van der Waals surface area contributed by atoms with E-state index in [0.717, 1.165) is 57.8 Å². The minimum absolute atomic E-state index is 0.0616. The van der Waals surface area contributed by atoms with Crippen molar-refractivity contribution in [3.63, 3.8) is 0 Å². The fourth-order valence-electron chi connectivity index (χ4n) is 8.98. The summed E-state index contributed by atoms with van der Waals surface area (Å²) in [5.41, 5.74) is 0. The summed E-state index contributed by atoms with van der Waals surface area (Å²) in [6.07, 6.45) is 59.7. The molecule has 380 valence electrons. The molecule has 0 aromatic heterocycles. The average Bonchev–Trinajstić information content (AvgIpc) is 3.29. The fourth-order valence-corrected chi connectivity index (χ4v) is 8.98. The third-order valence-corrected chi connectivity index (χ3v) is 13.4. The monoisotopic (exact) mass is 905 g/mol. The Hall–Kier alpha value is -1.59. The molecule has 64 heavy (non-hydrogen) atoms. The lowest BCUT2D eigenvalue weighted by Gasteiger charge is -2.18. The van der Waals surface area contributed by atoms with E-state index in [-0.39, 0.29) is 31.1 Å². The standard InChI is InChI=1S/C58H112O6/c1-4-7-10-13-16-19-21-23-25-27-28-29-30-32-33-35-37-39-42-45-48-51-57(60)63-54-55(53-62-56(59)50-47-44-41-18-15-12-9-6-3)64-58(61)52-49-46-43-40-38-36-34-31-26-24-22-20-17-14-11-8-5-2/h55H,4-54H2,1-3H3. The molecule has 0 spiro atoms. The molecule has 0 aliphatic rings. The molecule has 0 amide bonds. The highest BCUT2D eigenvalue weighted by atomic mass is 16.6. The molecule has 0 N–H and O–H groups in total. The van der Waals surface area contributed by atoms with E-state index in [1.807, 2.05) is 0 Å². The molecule has 1 atom stereocenters. The third kappa shape index (κ3) is 51.4. The summed E-state index contributed by atoms with van der Waals surface area (Å²) in [6, 6.07) is 0. The van der Waals surface area contributed by atoms with Crippen LogP contribution < -0.4 is 0 Å². The Morgan fingerprint density at radius 1 is 0.250 bits per heavy atom. The molecule has 0 radical (unpaired) electrons. The second-order valence-electron chi connectivity index (χ2n) is 19.9. The first kappa shape index (κ1) is 62.4. The third-order valence-electron chi connectivity index (χ3n) is 13.4. The van der Waals surface area contributed by atoms with Crippen molar-refractivity contribution in [1.82, 2.24) is 0 Å². The zero-order valence-electron chi connectivity index (χ0n) is 43.6. The van der Waals surface area contributed by atoms with Crippen LogP contribution in [0.4, 0.5) is 0 Å². The van der Waals surface area contributed by atoms with Crippen LogP contribution in [0.2, 0.25) is 0 Å². The minimum atomic E-state index is -0.760. The van der Waals surface area contributed by atoms with Crippen LogP contribution in [-0.2, 0) is 28.6 Å². The maximum Gasteiger partial charge on any atom is 0.306 e. The van der Waals surface area contributed by atoms with Gasteiger partial charge in [-0.3, -0.25) is 14.4 Å². The lowest BCUT2D eigenvalue weighted by molar-refractivity contribution is -0.167. The molecule has 0 rings (SSSR count). The second-order valence-corrected chi connectivity index (χ2v) is 19.9. The van der Waals surface area contributed by atoms with Crippen LogP contribution in [0.25, 0.3) is 0 Å². The van der Waals surface area contributed by atoms with Crippen LogP contribution in [0.5, 0.6) is 0 Å². The van der Waals surface area contributed by atoms with Crippen molar-refractivity contribution in [1.29, 1.82) is 0 Å². The van der Waals surface area contributed by atoms with Gasteiger partial charge in [0.15, 0.2) is 6.10 Å². The van der Waals surface area contributed by atoms with Gasteiger partial charge in [0.25, 0.3) is 0 Å². The van der Waals surface area contributed by atoms with Crippen molar-refractivity contribution in [3.8, 4) is 0 Å². The van der Waals surface area contributed by atoms with Crippen LogP contribution in [0.1, 0.15) is 335 Å². The summed E-state index contributed by atoms with van der Waals surface area (Å²) in [5.74, 6) is -0.839. The van der Waals surface area contributed by atoms with Gasteiger partial charge in [0.05, 0.1) is 0 Å². The van der Waals surface area contributed by atoms with Gasteiger partial charge < -0.3 is 14.2 Å². The maximum absolute atomic E-state index is 12.8. The average molecular weight is 906 g/mol. The van der Waals surface area contributed by atoms with Crippen molar-refractivity contribution in [2.45, 2.75) is 341 Å². The van der Waals surface area contributed by atoms with E-state index in [0.29, 0.717) is 19.3 Å². The summed E-state index contributed by atoms with van der Waals surface area (Å²) < 4.78 is 16.8. The topological polar surface area (TPSA) is 78.9 Å². The maximum atomic E-state index is 12.8. The van der Waals surface area contributed by atoms with Gasteiger partial charge in [0.1, 0.15) is 13.2 Å². The Morgan fingerprint density at radius 3 is 0.625 bits per heavy atom. The van der Waals surface area contributed by atoms with Gasteiger partial charge in [-0.05, 0) is 19.3 Å². The number of carbonyl (C=O) groups excluding carboxylic acids is 3. The van der Waals surface area contributed by atoms with Gasteiger partial charge >= 0.3 is 17.9 Å². The highest BCUT2D eigenvalue weighted by Gasteiger charge is 2.19. The predicted octanol–water partition coefficient (Wildman–Crippen LogP) is 19.2. The van der Waals surface area contributed by atoms with E-state index in [1.54, 1.807) is 0 Å². The second kappa shape index (κ2) is 54.0. The highest BCUT2D eigenvalue weighted by molar-refractivity contribution is 5.71. The molecule has 0 saturated heterocycles. The summed E-state index contributed by atoms with van der Waals surface area (Å²) >= 11 is 0. The molecule has 0 aliphatic carbocycles. The van der Waals surface area contributed by atoms with Crippen molar-refractivity contribution >= 4 is 17.9 Å². The summed E-state index contributed by atoms with van der Waals surface area (Å²) in [7, 11) is 0. The Bertz CT molecular complexity index is 951. The smallest absolute Gasteiger partial charge is 0.306 e. The molecule has 0 aliphatic heterocycles. The van der Waals surface area contributed by atoms with E-state index in [9.17, 15) is 14.4 Å². The van der Waals surface area contributed by atoms with Gasteiger partial charge in [-0.15, -0.1) is 0 Å². The number of hydrogen-bond donors (Lipinski definition) is 0. The summed E-state index contributed by atoms with van der Waals surface area (Å²) in [4.78, 5) is 38.0. The predicted molar refractivity (Wildman–Crippen MR) is 275 cm³/mol. The SMILES string of the molecule is CCCCCCCCCCCCCCCCCCCCCCCC(=O)OCC(COC(=O)CCCCCCCCCC)OC(=O)CCCCCCCCCCCCCCCCCCC. The molecule has 6 heteroatoms. The first-order chi connectivity index (χ1) is 31.5. The van der Waals surface area contributed by atoms with Gasteiger partial charge in [0.2, 0.25) is 0 Å². The molecule has 0 fully saturated rings. The Kier molecular flexibility index (Phi) is 52.7. The Morgan fingerprint density at radius 2 is 0.422 bits per heavy atom. The minimum Gasteiger partial charge on any atom is -0.462 e. The number of carbonyl (C=O) groups is 3. The summed E-state index contributed by atoms with van der Waals surface area (Å²) in [5, 5.41) is 0. The normalized spacial score (nSPS) is 11.9. The number of hydrogen-bond acceptors (Lipinski definition) is 6. The molecule has 0 aromatic carbocycles. The molecule has 0 aromatic rings. The van der Waals surface area contributed by atoms with Crippen molar-refractivity contribution in [2.24, 2.45) is 0 Å². The quantitative estimate of drug-likeness (QED) is 0.0344. The van der Waals surface area contributed by atoms with E-state index in [1.165, 1.54) is 238 Å². The van der Waals surface area contributed by atoms with Crippen LogP contribution in [0.15, 0.2) is 0 Å².